The Bertz CT molecular complexity index is 723. The molecular weight excluding hydrogens is 324 g/mol. The van der Waals surface area contributed by atoms with E-state index in [9.17, 15) is 10.1 Å². The molecule has 0 saturated heterocycles. The number of hydrogen-bond acceptors (Lipinski definition) is 4. The van der Waals surface area contributed by atoms with Crippen LogP contribution in [0.4, 0.5) is 5.69 Å². The lowest BCUT2D eigenvalue weighted by molar-refractivity contribution is -0.384. The molecule has 6 heteroatoms. The maximum atomic E-state index is 10.8. The van der Waals surface area contributed by atoms with Crippen molar-refractivity contribution in [3.63, 3.8) is 0 Å². The lowest BCUT2D eigenvalue weighted by Gasteiger charge is -2.11. The number of non-ortho nitro benzene ring substituents is 1. The molecule has 0 bridgehead atoms. The van der Waals surface area contributed by atoms with E-state index in [1.165, 1.54) is 18.2 Å². The van der Waals surface area contributed by atoms with Crippen molar-refractivity contribution in [2.75, 3.05) is 0 Å². The summed E-state index contributed by atoms with van der Waals surface area (Å²) in [5, 5.41) is 19.9. The van der Waals surface area contributed by atoms with E-state index < -0.39 is 4.92 Å². The summed E-state index contributed by atoms with van der Waals surface area (Å²) in [6, 6.07) is 11.5. The topological polar surface area (TPSA) is 76.2 Å². The van der Waals surface area contributed by atoms with Crippen LogP contribution < -0.4 is 4.74 Å². The lowest BCUT2D eigenvalue weighted by Crippen LogP contribution is -1.94. The van der Waals surface area contributed by atoms with Crippen molar-refractivity contribution < 1.29 is 9.66 Å². The van der Waals surface area contributed by atoms with Gasteiger partial charge in [0.1, 0.15) is 17.6 Å². The first-order valence-corrected chi connectivity index (χ1v) is 6.43. The zero-order valence-corrected chi connectivity index (χ0v) is 12.0. The molecule has 2 rings (SSSR count). The molecule has 0 N–H and O–H groups in total. The van der Waals surface area contributed by atoms with Crippen LogP contribution in [0.1, 0.15) is 11.1 Å². The first-order chi connectivity index (χ1) is 9.52. The van der Waals surface area contributed by atoms with Crippen LogP contribution in [0.5, 0.6) is 11.5 Å². The Morgan fingerprint density at radius 2 is 2.10 bits per heavy atom. The zero-order valence-electron chi connectivity index (χ0n) is 10.5. The molecule has 0 unspecified atom stereocenters. The van der Waals surface area contributed by atoms with Gasteiger partial charge in [0.05, 0.1) is 21.0 Å². The predicted octanol–water partition coefficient (Wildman–Crippen LogP) is 4.33. The number of nitrogens with zero attached hydrogens (tertiary/aromatic N) is 2. The van der Waals surface area contributed by atoms with Gasteiger partial charge < -0.3 is 4.74 Å². The van der Waals surface area contributed by atoms with Crippen molar-refractivity contribution in [3.8, 4) is 17.6 Å². The fourth-order valence-electron chi connectivity index (χ4n) is 1.67. The van der Waals surface area contributed by atoms with Crippen molar-refractivity contribution in [1.29, 1.82) is 5.26 Å². The molecule has 0 atom stereocenters. The largest absolute Gasteiger partial charge is 0.454 e. The minimum atomic E-state index is -0.498. The minimum absolute atomic E-state index is 0.0738. The Morgan fingerprint density at radius 1 is 1.35 bits per heavy atom. The van der Waals surface area contributed by atoms with Gasteiger partial charge in [0.2, 0.25) is 0 Å². The summed E-state index contributed by atoms with van der Waals surface area (Å²) in [6.45, 7) is 1.81. The Kier molecular flexibility index (Phi) is 4.01. The summed E-state index contributed by atoms with van der Waals surface area (Å²) in [6.07, 6.45) is 0. The van der Waals surface area contributed by atoms with E-state index in [1.807, 2.05) is 6.07 Å². The summed E-state index contributed by atoms with van der Waals surface area (Å²) in [5.41, 5.74) is 1.08. The summed E-state index contributed by atoms with van der Waals surface area (Å²) < 4.78 is 6.26. The van der Waals surface area contributed by atoms with Gasteiger partial charge in [-0.3, -0.25) is 10.1 Å². The first kappa shape index (κ1) is 14.0. The molecule has 2 aromatic rings. The van der Waals surface area contributed by atoms with Crippen molar-refractivity contribution in [2.24, 2.45) is 0 Å². The minimum Gasteiger partial charge on any atom is -0.454 e. The molecule has 0 aliphatic carbocycles. The number of nitro groups is 1. The van der Waals surface area contributed by atoms with Gasteiger partial charge in [-0.15, -0.1) is 0 Å². The Labute approximate surface area is 123 Å². The molecule has 0 spiro atoms. The molecule has 20 heavy (non-hydrogen) atoms. The number of hydrogen-bond donors (Lipinski definition) is 0. The maximum Gasteiger partial charge on any atom is 0.273 e. The molecule has 0 saturated carbocycles. The number of ether oxygens (including phenoxy) is 1. The molecule has 2 aromatic carbocycles. The van der Waals surface area contributed by atoms with Crippen molar-refractivity contribution in [2.45, 2.75) is 6.92 Å². The second-order valence-electron chi connectivity index (χ2n) is 4.04. The quantitative estimate of drug-likeness (QED) is 0.619. The van der Waals surface area contributed by atoms with Crippen molar-refractivity contribution >= 4 is 21.6 Å². The molecule has 5 nitrogen and oxygen atoms in total. The van der Waals surface area contributed by atoms with Gasteiger partial charge in [-0.05, 0) is 40.5 Å². The standard InChI is InChI=1S/C14H9BrN2O3/c1-9-3-2-4-10(8-16)14(9)20-13-7-11(17(18)19)5-6-12(13)15/h2-7H,1H3. The second kappa shape index (κ2) is 5.72. The Morgan fingerprint density at radius 3 is 2.75 bits per heavy atom. The second-order valence-corrected chi connectivity index (χ2v) is 4.89. The van der Waals surface area contributed by atoms with Crippen LogP contribution in [0.2, 0.25) is 0 Å². The van der Waals surface area contributed by atoms with Gasteiger partial charge >= 0.3 is 0 Å². The van der Waals surface area contributed by atoms with E-state index in [0.717, 1.165) is 5.56 Å². The van der Waals surface area contributed by atoms with Gasteiger partial charge in [0.25, 0.3) is 5.69 Å². The molecule has 0 radical (unpaired) electrons. The third kappa shape index (κ3) is 2.78. The molecule has 0 aromatic heterocycles. The molecule has 0 aliphatic rings. The highest BCUT2D eigenvalue weighted by Gasteiger charge is 2.14. The number of halogens is 1. The Hall–Kier alpha value is -2.39. The van der Waals surface area contributed by atoms with Crippen LogP contribution in [-0.2, 0) is 0 Å². The van der Waals surface area contributed by atoms with E-state index in [-0.39, 0.29) is 5.69 Å². The summed E-state index contributed by atoms with van der Waals surface area (Å²) in [4.78, 5) is 10.3. The SMILES string of the molecule is Cc1cccc(C#N)c1Oc1cc([N+](=O)[O-])ccc1Br. The van der Waals surface area contributed by atoms with Crippen LogP contribution in [0.25, 0.3) is 0 Å². The van der Waals surface area contributed by atoms with Crippen LogP contribution >= 0.6 is 15.9 Å². The molecule has 0 aliphatic heterocycles. The van der Waals surface area contributed by atoms with Crippen molar-refractivity contribution in [1.82, 2.24) is 0 Å². The average molecular weight is 333 g/mol. The van der Waals surface area contributed by atoms with Crippen LogP contribution in [0, 0.1) is 28.4 Å². The van der Waals surface area contributed by atoms with Gasteiger partial charge in [0, 0.05) is 6.07 Å². The zero-order chi connectivity index (χ0) is 14.7. The number of benzene rings is 2. The van der Waals surface area contributed by atoms with Gasteiger partial charge in [-0.1, -0.05) is 12.1 Å². The smallest absolute Gasteiger partial charge is 0.273 e. The average Bonchev–Trinajstić information content (AvgIpc) is 2.42. The third-order valence-electron chi connectivity index (χ3n) is 2.67. The maximum absolute atomic E-state index is 10.8. The van der Waals surface area contributed by atoms with E-state index in [4.69, 9.17) is 10.00 Å². The van der Waals surface area contributed by atoms with Gasteiger partial charge in [-0.2, -0.15) is 5.26 Å². The fraction of sp³-hybridized carbons (Fsp3) is 0.0714. The Balaban J connectivity index is 2.48. The highest BCUT2D eigenvalue weighted by atomic mass is 79.9. The first-order valence-electron chi connectivity index (χ1n) is 5.64. The van der Waals surface area contributed by atoms with E-state index in [1.54, 1.807) is 25.1 Å². The summed E-state index contributed by atoms with van der Waals surface area (Å²) >= 11 is 3.28. The highest BCUT2D eigenvalue weighted by molar-refractivity contribution is 9.10. The number of aryl methyl sites for hydroxylation is 1. The number of para-hydroxylation sites is 1. The molecule has 0 heterocycles. The van der Waals surface area contributed by atoms with Crippen LogP contribution in [0.15, 0.2) is 40.9 Å². The number of rotatable bonds is 3. The third-order valence-corrected chi connectivity index (χ3v) is 3.33. The van der Waals surface area contributed by atoms with Crippen LogP contribution in [0.3, 0.4) is 0 Å². The fourth-order valence-corrected chi connectivity index (χ4v) is 2.00. The molecular formula is C14H9BrN2O3. The highest BCUT2D eigenvalue weighted by Crippen LogP contribution is 2.35. The number of nitro benzene ring substituents is 1. The number of nitriles is 1. The van der Waals surface area contributed by atoms with Crippen LogP contribution in [-0.4, -0.2) is 4.92 Å². The monoisotopic (exact) mass is 332 g/mol. The van der Waals surface area contributed by atoms with E-state index in [0.29, 0.717) is 21.5 Å². The predicted molar refractivity (Wildman–Crippen MR) is 76.8 cm³/mol. The molecule has 0 amide bonds. The van der Waals surface area contributed by atoms with Gasteiger partial charge in [0.15, 0.2) is 0 Å². The molecule has 0 fully saturated rings. The van der Waals surface area contributed by atoms with Crippen molar-refractivity contribution in [3.05, 3.63) is 62.1 Å². The molecule has 100 valence electrons. The summed E-state index contributed by atoms with van der Waals surface area (Å²) in [5.74, 6) is 0.696. The van der Waals surface area contributed by atoms with E-state index >= 15 is 0 Å². The van der Waals surface area contributed by atoms with E-state index in [2.05, 4.69) is 15.9 Å². The normalized spacial score (nSPS) is 9.85. The lowest BCUT2D eigenvalue weighted by atomic mass is 10.1. The summed E-state index contributed by atoms with van der Waals surface area (Å²) in [7, 11) is 0. The van der Waals surface area contributed by atoms with Gasteiger partial charge in [-0.25, -0.2) is 0 Å².